The van der Waals surface area contributed by atoms with Gasteiger partial charge in [0, 0.05) is 25.7 Å². The van der Waals surface area contributed by atoms with Crippen LogP contribution < -0.4 is 4.90 Å². The first-order chi connectivity index (χ1) is 7.11. The van der Waals surface area contributed by atoms with Crippen LogP contribution in [0.25, 0.3) is 0 Å². The Morgan fingerprint density at radius 1 is 1.53 bits per heavy atom. The zero-order valence-electron chi connectivity index (χ0n) is 8.51. The van der Waals surface area contributed by atoms with Crippen molar-refractivity contribution in [1.82, 2.24) is 9.27 Å². The molecule has 1 aliphatic rings. The molecule has 2 heterocycles. The predicted molar refractivity (Wildman–Crippen MR) is 56.8 cm³/mol. The Balaban J connectivity index is 2.32. The fraction of sp³-hybridized carbons (Fsp3) is 0.444. The summed E-state index contributed by atoms with van der Waals surface area (Å²) in [4.78, 5) is 26.3. The zero-order valence-corrected chi connectivity index (χ0v) is 9.32. The maximum absolute atomic E-state index is 11.9. The van der Waals surface area contributed by atoms with Crippen molar-refractivity contribution in [2.75, 3.05) is 11.9 Å². The number of rotatable bonds is 1. The maximum atomic E-state index is 11.9. The van der Waals surface area contributed by atoms with Crippen LogP contribution in [0.2, 0.25) is 0 Å². The average molecular weight is 225 g/mol. The van der Waals surface area contributed by atoms with Gasteiger partial charge in [0.05, 0.1) is 0 Å². The second-order valence-electron chi connectivity index (χ2n) is 3.53. The highest BCUT2D eigenvalue weighted by Gasteiger charge is 2.35. The number of aromatic nitrogens is 1. The Bertz CT molecular complexity index is 390. The number of hydrogen-bond acceptors (Lipinski definition) is 4. The second-order valence-corrected chi connectivity index (χ2v) is 4.34. The van der Waals surface area contributed by atoms with E-state index in [1.54, 1.807) is 24.2 Å². The van der Waals surface area contributed by atoms with E-state index in [1.165, 1.54) is 4.90 Å². The van der Waals surface area contributed by atoms with E-state index in [2.05, 4.69) is 4.37 Å². The van der Waals surface area contributed by atoms with Gasteiger partial charge in [-0.3, -0.25) is 4.79 Å². The molecule has 0 N–H and O–H groups in total. The summed E-state index contributed by atoms with van der Waals surface area (Å²) in [5.41, 5.74) is 0. The molecule has 0 radical (unpaired) electrons. The van der Waals surface area contributed by atoms with Crippen molar-refractivity contribution in [2.24, 2.45) is 0 Å². The van der Waals surface area contributed by atoms with Crippen molar-refractivity contribution < 1.29 is 9.59 Å². The summed E-state index contributed by atoms with van der Waals surface area (Å²) in [7, 11) is 1.70. The average Bonchev–Trinajstić information content (AvgIpc) is 2.68. The van der Waals surface area contributed by atoms with Gasteiger partial charge >= 0.3 is 6.03 Å². The van der Waals surface area contributed by atoms with Gasteiger partial charge in [0.1, 0.15) is 5.00 Å². The fourth-order valence-electron chi connectivity index (χ4n) is 1.48. The van der Waals surface area contributed by atoms with Crippen LogP contribution in [0.4, 0.5) is 9.80 Å². The molecule has 80 valence electrons. The van der Waals surface area contributed by atoms with E-state index in [1.807, 2.05) is 6.92 Å². The van der Waals surface area contributed by atoms with Crippen LogP contribution in [0.5, 0.6) is 0 Å². The predicted octanol–water partition coefficient (Wildman–Crippen LogP) is 1.32. The molecule has 0 spiro atoms. The SMILES string of the molecule is CC1CC(=O)N(c2ccns2)C(=O)N1C. The minimum Gasteiger partial charge on any atom is -0.324 e. The van der Waals surface area contributed by atoms with Gasteiger partial charge < -0.3 is 4.90 Å². The molecule has 0 aromatic carbocycles. The van der Waals surface area contributed by atoms with Crippen LogP contribution in [0.3, 0.4) is 0 Å². The summed E-state index contributed by atoms with van der Waals surface area (Å²) >= 11 is 1.15. The largest absolute Gasteiger partial charge is 0.332 e. The van der Waals surface area contributed by atoms with Crippen molar-refractivity contribution in [3.05, 3.63) is 12.3 Å². The molecule has 2 rings (SSSR count). The minimum absolute atomic E-state index is 0.0332. The molecule has 0 saturated carbocycles. The standard InChI is InChI=1S/C9H11N3O2S/c1-6-5-7(13)12(9(14)11(6)2)8-3-4-10-15-8/h3-4,6H,5H2,1-2H3. The number of amides is 3. The highest BCUT2D eigenvalue weighted by molar-refractivity contribution is 7.10. The molecule has 1 fully saturated rings. The van der Waals surface area contributed by atoms with Crippen LogP contribution in [-0.4, -0.2) is 34.3 Å². The van der Waals surface area contributed by atoms with Crippen LogP contribution in [-0.2, 0) is 4.79 Å². The zero-order chi connectivity index (χ0) is 11.0. The number of nitrogens with zero attached hydrogens (tertiary/aromatic N) is 3. The number of imide groups is 1. The summed E-state index contributed by atoms with van der Waals surface area (Å²) in [6, 6.07) is 1.36. The van der Waals surface area contributed by atoms with E-state index in [0.29, 0.717) is 11.4 Å². The van der Waals surface area contributed by atoms with Crippen LogP contribution >= 0.6 is 11.5 Å². The number of carbonyl (C=O) groups is 2. The molecule has 1 aromatic heterocycles. The fourth-order valence-corrected chi connectivity index (χ4v) is 2.09. The smallest absolute Gasteiger partial charge is 0.324 e. The summed E-state index contributed by atoms with van der Waals surface area (Å²) in [6.45, 7) is 1.86. The first-order valence-corrected chi connectivity index (χ1v) is 5.39. The third kappa shape index (κ3) is 1.61. The van der Waals surface area contributed by atoms with Gasteiger partial charge in [-0.05, 0) is 24.5 Å². The van der Waals surface area contributed by atoms with Gasteiger partial charge in [0.25, 0.3) is 0 Å². The highest BCUT2D eigenvalue weighted by atomic mass is 32.1. The lowest BCUT2D eigenvalue weighted by Crippen LogP contribution is -2.54. The molecule has 15 heavy (non-hydrogen) atoms. The quantitative estimate of drug-likeness (QED) is 0.724. The molecule has 3 amide bonds. The topological polar surface area (TPSA) is 53.5 Å². The molecule has 1 atom stereocenters. The monoisotopic (exact) mass is 225 g/mol. The normalized spacial score (nSPS) is 22.4. The highest BCUT2D eigenvalue weighted by Crippen LogP contribution is 2.25. The third-order valence-electron chi connectivity index (χ3n) is 2.52. The number of carbonyl (C=O) groups excluding carboxylic acids is 2. The summed E-state index contributed by atoms with van der Waals surface area (Å²) < 4.78 is 3.89. The third-order valence-corrected chi connectivity index (χ3v) is 3.25. The lowest BCUT2D eigenvalue weighted by atomic mass is 10.1. The summed E-state index contributed by atoms with van der Waals surface area (Å²) in [5, 5.41) is 0.587. The minimum atomic E-state index is -0.275. The molecule has 6 heteroatoms. The molecular weight excluding hydrogens is 214 g/mol. The maximum Gasteiger partial charge on any atom is 0.332 e. The molecule has 5 nitrogen and oxygen atoms in total. The Labute approximate surface area is 91.5 Å². The lowest BCUT2D eigenvalue weighted by Gasteiger charge is -2.35. The molecular formula is C9H11N3O2S. The molecule has 0 bridgehead atoms. The second kappa shape index (κ2) is 3.62. The van der Waals surface area contributed by atoms with Gasteiger partial charge in [0.15, 0.2) is 0 Å². The van der Waals surface area contributed by atoms with E-state index >= 15 is 0 Å². The van der Waals surface area contributed by atoms with Crippen molar-refractivity contribution in [3.8, 4) is 0 Å². The first kappa shape index (κ1) is 10.1. The molecule has 1 aromatic rings. The lowest BCUT2D eigenvalue weighted by molar-refractivity contribution is -0.119. The Kier molecular flexibility index (Phi) is 2.44. The van der Waals surface area contributed by atoms with Gasteiger partial charge in [-0.25, -0.2) is 9.69 Å². The molecule has 1 saturated heterocycles. The van der Waals surface area contributed by atoms with E-state index in [9.17, 15) is 9.59 Å². The Morgan fingerprint density at radius 3 is 2.87 bits per heavy atom. The van der Waals surface area contributed by atoms with Crippen LogP contribution in [0.1, 0.15) is 13.3 Å². The molecule has 1 aliphatic heterocycles. The first-order valence-electron chi connectivity index (χ1n) is 4.61. The summed E-state index contributed by atoms with van der Waals surface area (Å²) in [5.74, 6) is -0.158. The number of urea groups is 1. The van der Waals surface area contributed by atoms with Crippen LogP contribution in [0, 0.1) is 0 Å². The van der Waals surface area contributed by atoms with Crippen molar-refractivity contribution in [1.29, 1.82) is 0 Å². The van der Waals surface area contributed by atoms with Crippen molar-refractivity contribution in [2.45, 2.75) is 19.4 Å². The van der Waals surface area contributed by atoms with E-state index < -0.39 is 0 Å². The van der Waals surface area contributed by atoms with Gasteiger partial charge in [-0.2, -0.15) is 4.37 Å². The Hall–Kier alpha value is -1.43. The molecule has 0 aliphatic carbocycles. The Morgan fingerprint density at radius 2 is 2.27 bits per heavy atom. The number of hydrogen-bond donors (Lipinski definition) is 0. The summed E-state index contributed by atoms with van der Waals surface area (Å²) in [6.07, 6.45) is 1.94. The van der Waals surface area contributed by atoms with E-state index in [4.69, 9.17) is 0 Å². The van der Waals surface area contributed by atoms with E-state index in [0.717, 1.165) is 11.5 Å². The van der Waals surface area contributed by atoms with Gasteiger partial charge in [-0.15, -0.1) is 0 Å². The van der Waals surface area contributed by atoms with Gasteiger partial charge in [-0.1, -0.05) is 0 Å². The van der Waals surface area contributed by atoms with Crippen molar-refractivity contribution >= 4 is 28.5 Å². The number of anilines is 1. The van der Waals surface area contributed by atoms with E-state index in [-0.39, 0.29) is 18.0 Å². The van der Waals surface area contributed by atoms with Gasteiger partial charge in [0.2, 0.25) is 5.91 Å². The molecule has 1 unspecified atom stereocenters. The van der Waals surface area contributed by atoms with Crippen molar-refractivity contribution in [3.63, 3.8) is 0 Å². The van der Waals surface area contributed by atoms with Crippen LogP contribution in [0.15, 0.2) is 12.3 Å².